The van der Waals surface area contributed by atoms with Crippen LogP contribution in [-0.2, 0) is 34.3 Å². The highest BCUT2D eigenvalue weighted by Gasteiger charge is 2.27. The fourth-order valence-electron chi connectivity index (χ4n) is 8.16. The summed E-state index contributed by atoms with van der Waals surface area (Å²) in [6.07, 6.45) is 1.71. The Balaban J connectivity index is 0.00000544. The summed E-state index contributed by atoms with van der Waals surface area (Å²) in [4.78, 5) is 13.3. The van der Waals surface area contributed by atoms with Gasteiger partial charge < -0.3 is 15.1 Å². The van der Waals surface area contributed by atoms with Crippen molar-refractivity contribution in [3.05, 3.63) is 143 Å². The fraction of sp³-hybridized carbons (Fsp3) is 0.326. The number of nitrogens with zero attached hydrogens (tertiary/aromatic N) is 4. The number of piperazine rings is 1. The molecule has 5 aromatic carbocycles. The number of morpholine rings is 1. The molecule has 316 valence electrons. The van der Waals surface area contributed by atoms with Crippen LogP contribution >= 0.6 is 23.4 Å². The molecule has 3 heterocycles. The van der Waals surface area contributed by atoms with Crippen LogP contribution in [0.3, 0.4) is 0 Å². The largest absolute Gasteiger partial charge is 0.412 e. The third kappa shape index (κ3) is 11.0. The second kappa shape index (κ2) is 20.5. The van der Waals surface area contributed by atoms with Crippen molar-refractivity contribution in [1.82, 2.24) is 14.5 Å². The average Bonchev–Trinajstić information content (AvgIpc) is 3.67. The van der Waals surface area contributed by atoms with Crippen molar-refractivity contribution in [2.45, 2.75) is 35.7 Å². The second-order valence-electron chi connectivity index (χ2n) is 15.5. The van der Waals surface area contributed by atoms with E-state index in [2.05, 4.69) is 97.2 Å². The number of thioether (sulfide) groups is 1. The summed E-state index contributed by atoms with van der Waals surface area (Å²) in [6, 6.07) is 38.2. The van der Waals surface area contributed by atoms with Gasteiger partial charge in [-0.05, 0) is 96.1 Å². The zero-order valence-electron chi connectivity index (χ0n) is 33.7. The van der Waals surface area contributed by atoms with Gasteiger partial charge in [0.2, 0.25) is 0 Å². The first-order valence-electron chi connectivity index (χ1n) is 20.4. The van der Waals surface area contributed by atoms with Gasteiger partial charge in [-0.15, -0.1) is 11.8 Å². The number of rotatable bonds is 15. The minimum Gasteiger partial charge on any atom is -0.412 e. The van der Waals surface area contributed by atoms with Crippen LogP contribution in [-0.4, -0.2) is 99.5 Å². The predicted molar refractivity (Wildman–Crippen MR) is 241 cm³/mol. The quantitative estimate of drug-likeness (QED) is 0.0661. The molecule has 0 unspecified atom stereocenters. The van der Waals surface area contributed by atoms with Crippen molar-refractivity contribution in [1.29, 1.82) is 0 Å². The van der Waals surface area contributed by atoms with E-state index in [1.54, 1.807) is 12.1 Å². The smallest absolute Gasteiger partial charge is 0.263 e. The van der Waals surface area contributed by atoms with Gasteiger partial charge in [-0.25, -0.2) is 13.6 Å². The molecule has 3 aliphatic rings. The molecule has 8 rings (SSSR count). The molecule has 0 amide bonds. The summed E-state index contributed by atoms with van der Waals surface area (Å²) in [7, 11) is -3.98. The van der Waals surface area contributed by atoms with Crippen LogP contribution in [0.4, 0.5) is 11.4 Å². The molecule has 2 saturated heterocycles. The summed E-state index contributed by atoms with van der Waals surface area (Å²) in [5.41, 5.74) is 9.07. The van der Waals surface area contributed by atoms with Gasteiger partial charge in [-0.3, -0.25) is 19.5 Å². The maximum Gasteiger partial charge on any atom is 0.263 e. The van der Waals surface area contributed by atoms with Crippen LogP contribution in [0.15, 0.2) is 130 Å². The van der Waals surface area contributed by atoms with E-state index >= 15 is 0 Å². The summed E-state index contributed by atoms with van der Waals surface area (Å²) >= 11 is 7.99. The van der Waals surface area contributed by atoms with Crippen molar-refractivity contribution in [3.8, 4) is 11.1 Å². The Kier molecular flexibility index (Phi) is 15.0. The highest BCUT2D eigenvalue weighted by molar-refractivity contribution is 7.99. The zero-order chi connectivity index (χ0) is 40.6. The van der Waals surface area contributed by atoms with E-state index < -0.39 is 10.0 Å². The number of hydrogen-bond donors (Lipinski definition) is 3. The number of nitrogens with two attached hydrogens (primary N) is 1. The molecule has 6 N–H and O–H groups in total. The van der Waals surface area contributed by atoms with Crippen LogP contribution in [0.5, 0.6) is 0 Å². The molecule has 5 aromatic rings. The second-order valence-corrected chi connectivity index (χ2v) is 18.7. The SMILES string of the molecule is O.O=S(=O)(NC1=NCc2cc(N3CCN(Cc4ccccc4-c4ccc(Cl)cc4)CC3)ccc21)c1ccc(C[C@H](CCN2CCOCC2)CSc2ccccc2)c([NH2+]O)c1. The van der Waals surface area contributed by atoms with Crippen molar-refractivity contribution >= 4 is 50.6 Å². The Bertz CT molecular complexity index is 2340. The van der Waals surface area contributed by atoms with E-state index in [4.69, 9.17) is 16.3 Å². The van der Waals surface area contributed by atoms with Gasteiger partial charge in [0.05, 0.1) is 24.7 Å². The van der Waals surface area contributed by atoms with Crippen LogP contribution in [0, 0.1) is 5.92 Å². The van der Waals surface area contributed by atoms with Crippen LogP contribution in [0.25, 0.3) is 11.1 Å². The average molecular weight is 871 g/mol. The van der Waals surface area contributed by atoms with Gasteiger partial charge in [0.1, 0.15) is 5.84 Å². The summed E-state index contributed by atoms with van der Waals surface area (Å²) in [6.45, 7) is 9.30. The third-order valence-corrected chi connectivity index (χ3v) is 14.4. The molecule has 2 fully saturated rings. The lowest BCUT2D eigenvalue weighted by Gasteiger charge is -2.36. The van der Waals surface area contributed by atoms with Crippen molar-refractivity contribution in [2.75, 3.05) is 69.7 Å². The van der Waals surface area contributed by atoms with E-state index in [1.807, 2.05) is 42.1 Å². The number of ether oxygens (including phenoxy) is 1. The highest BCUT2D eigenvalue weighted by atomic mass is 35.5. The monoisotopic (exact) mass is 869 g/mol. The summed E-state index contributed by atoms with van der Waals surface area (Å²) < 4.78 is 35.9. The topological polar surface area (TPSA) is 146 Å². The van der Waals surface area contributed by atoms with E-state index in [9.17, 15) is 13.6 Å². The molecule has 0 bridgehead atoms. The zero-order valence-corrected chi connectivity index (χ0v) is 36.1. The molecule has 0 spiro atoms. The van der Waals surface area contributed by atoms with Crippen LogP contribution in [0.1, 0.15) is 28.7 Å². The Morgan fingerprint density at radius 3 is 2.33 bits per heavy atom. The molecule has 11 nitrogen and oxygen atoms in total. The number of halogens is 1. The number of sulfonamides is 1. The van der Waals surface area contributed by atoms with E-state index in [1.165, 1.54) is 21.6 Å². The molecule has 0 saturated carbocycles. The van der Waals surface area contributed by atoms with E-state index in [0.717, 1.165) is 117 Å². The molecule has 0 aromatic heterocycles. The number of aliphatic imine (C=N–C) groups is 1. The Hall–Kier alpha value is -4.28. The minimum absolute atomic E-state index is 0. The molecule has 0 radical (unpaired) electrons. The van der Waals surface area contributed by atoms with Gasteiger partial charge in [0, 0.05) is 84.4 Å². The van der Waals surface area contributed by atoms with Gasteiger partial charge in [-0.1, -0.05) is 72.3 Å². The molecule has 3 aliphatic heterocycles. The van der Waals surface area contributed by atoms with Crippen LogP contribution < -0.4 is 15.1 Å². The molecule has 1 atom stereocenters. The standard InChI is InChI=1S/C46H51ClN6O4S2.H2O/c47-39-13-10-35(11-14-39)43-9-5-4-6-37(43)32-52-20-22-53(23-21-52)40-15-17-44-38(29-40)31-48-46(44)50-59(55,56)42-16-12-36(45(30-42)49-54)28-34(18-19-51-24-26-57-27-25-51)33-58-41-7-2-1-3-8-41;/h1-17,29-30,34,49,54H,18-28,31-33H2,(H,48,50);1H2/p+1/t34-;/m0./s1. The number of quaternary nitrogens is 1. The third-order valence-electron chi connectivity index (χ3n) is 11.5. The normalized spacial score (nSPS) is 16.5. The summed E-state index contributed by atoms with van der Waals surface area (Å²) in [5.74, 6) is 1.58. The molecule has 14 heteroatoms. The predicted octanol–water partition coefficient (Wildman–Crippen LogP) is 6.00. The number of hydrogen-bond acceptors (Lipinski definition) is 9. The molecule has 60 heavy (non-hydrogen) atoms. The van der Waals surface area contributed by atoms with Gasteiger partial charge in [0.25, 0.3) is 10.0 Å². The molecular weight excluding hydrogens is 816 g/mol. The number of benzene rings is 5. The van der Waals surface area contributed by atoms with E-state index in [-0.39, 0.29) is 10.4 Å². The van der Waals surface area contributed by atoms with Gasteiger partial charge in [0.15, 0.2) is 5.69 Å². The lowest BCUT2D eigenvalue weighted by molar-refractivity contribution is -0.826. The van der Waals surface area contributed by atoms with Crippen molar-refractivity contribution < 1.29 is 29.3 Å². The van der Waals surface area contributed by atoms with Gasteiger partial charge in [-0.2, -0.15) is 5.48 Å². The Labute approximate surface area is 362 Å². The molecule has 0 aliphatic carbocycles. The Morgan fingerprint density at radius 1 is 0.817 bits per heavy atom. The summed E-state index contributed by atoms with van der Waals surface area (Å²) in [5, 5.41) is 11.1. The maximum absolute atomic E-state index is 13.8. The van der Waals surface area contributed by atoms with Crippen LogP contribution in [0.2, 0.25) is 5.02 Å². The van der Waals surface area contributed by atoms with Gasteiger partial charge >= 0.3 is 0 Å². The number of amidine groups is 1. The first kappa shape index (κ1) is 43.8. The fourth-order valence-corrected chi connectivity index (χ4v) is 10.4. The van der Waals surface area contributed by atoms with E-state index in [0.29, 0.717) is 24.0 Å². The minimum atomic E-state index is -3.98. The lowest BCUT2D eigenvalue weighted by atomic mass is 9.96. The maximum atomic E-state index is 13.8. The molecular formula is C46H54ClN6O5S2+. The van der Waals surface area contributed by atoms with Crippen molar-refractivity contribution in [2.24, 2.45) is 10.9 Å². The number of anilines is 1. The number of fused-ring (bicyclic) bond motifs is 1. The Morgan fingerprint density at radius 2 is 1.57 bits per heavy atom. The number of nitrogens with one attached hydrogen (secondary N) is 1. The highest BCUT2D eigenvalue weighted by Crippen LogP contribution is 2.31. The first-order chi connectivity index (χ1) is 28.8. The first-order valence-corrected chi connectivity index (χ1v) is 23.3. The lowest BCUT2D eigenvalue weighted by Crippen LogP contribution is -2.74. The van der Waals surface area contributed by atoms with Crippen molar-refractivity contribution in [3.63, 3.8) is 0 Å².